The van der Waals surface area contributed by atoms with Gasteiger partial charge in [-0.2, -0.15) is 0 Å². The molecular formula is C17H16F2N2O3. The first-order valence-corrected chi connectivity index (χ1v) is 7.08. The number of nitrogens with one attached hydrogen (secondary N) is 1. The molecule has 0 bridgehead atoms. The summed E-state index contributed by atoms with van der Waals surface area (Å²) in [6.07, 6.45) is 0. The Morgan fingerprint density at radius 2 is 1.83 bits per heavy atom. The van der Waals surface area contributed by atoms with Crippen LogP contribution in [0.1, 0.15) is 6.92 Å². The number of methoxy groups -OCH3 is 1. The SMILES string of the molecule is COc1ccccc1NC(=O)CN(C(C)=O)c1ccc(F)c(F)c1. The van der Waals surface area contributed by atoms with Crippen molar-refractivity contribution >= 4 is 23.2 Å². The predicted molar refractivity (Wildman–Crippen MR) is 86.0 cm³/mol. The van der Waals surface area contributed by atoms with Crippen LogP contribution in [0.25, 0.3) is 0 Å². The maximum atomic E-state index is 13.4. The van der Waals surface area contributed by atoms with Crippen LogP contribution in [-0.2, 0) is 9.59 Å². The first-order chi connectivity index (χ1) is 11.4. The lowest BCUT2D eigenvalue weighted by Crippen LogP contribution is -2.36. The fourth-order valence-corrected chi connectivity index (χ4v) is 2.12. The van der Waals surface area contributed by atoms with Gasteiger partial charge in [-0.25, -0.2) is 8.78 Å². The fourth-order valence-electron chi connectivity index (χ4n) is 2.12. The standard InChI is InChI=1S/C17H16F2N2O3/c1-11(22)21(12-7-8-13(18)14(19)9-12)10-17(23)20-15-5-3-4-6-16(15)24-2/h3-9H,10H2,1-2H3,(H,20,23). The minimum absolute atomic E-state index is 0.0941. The Labute approximate surface area is 137 Å². The van der Waals surface area contributed by atoms with E-state index in [4.69, 9.17) is 4.74 Å². The number of hydrogen-bond donors (Lipinski definition) is 1. The molecule has 0 saturated carbocycles. The van der Waals surface area contributed by atoms with Crippen molar-refractivity contribution < 1.29 is 23.1 Å². The minimum Gasteiger partial charge on any atom is -0.495 e. The number of hydrogen-bond acceptors (Lipinski definition) is 3. The van der Waals surface area contributed by atoms with Gasteiger partial charge < -0.3 is 15.0 Å². The molecule has 126 valence electrons. The van der Waals surface area contributed by atoms with Crippen LogP contribution in [0.4, 0.5) is 20.2 Å². The van der Waals surface area contributed by atoms with E-state index in [1.54, 1.807) is 24.3 Å². The fraction of sp³-hybridized carbons (Fsp3) is 0.176. The largest absolute Gasteiger partial charge is 0.495 e. The third-order valence-electron chi connectivity index (χ3n) is 3.28. The second-order valence-electron chi connectivity index (χ2n) is 4.95. The highest BCUT2D eigenvalue weighted by Crippen LogP contribution is 2.23. The smallest absolute Gasteiger partial charge is 0.244 e. The lowest BCUT2D eigenvalue weighted by Gasteiger charge is -2.21. The first-order valence-electron chi connectivity index (χ1n) is 7.08. The third-order valence-corrected chi connectivity index (χ3v) is 3.28. The maximum Gasteiger partial charge on any atom is 0.244 e. The van der Waals surface area contributed by atoms with Gasteiger partial charge in [0.2, 0.25) is 11.8 Å². The highest BCUT2D eigenvalue weighted by atomic mass is 19.2. The number of halogens is 2. The molecule has 0 aliphatic heterocycles. The molecule has 0 heterocycles. The molecule has 24 heavy (non-hydrogen) atoms. The van der Waals surface area contributed by atoms with Crippen LogP contribution < -0.4 is 15.0 Å². The van der Waals surface area contributed by atoms with Crippen molar-refractivity contribution in [2.45, 2.75) is 6.92 Å². The molecule has 5 nitrogen and oxygen atoms in total. The lowest BCUT2D eigenvalue weighted by molar-refractivity contribution is -0.120. The van der Waals surface area contributed by atoms with Crippen LogP contribution in [0.15, 0.2) is 42.5 Å². The number of anilines is 2. The molecule has 0 aliphatic carbocycles. The van der Waals surface area contributed by atoms with Crippen LogP contribution in [0.2, 0.25) is 0 Å². The second-order valence-corrected chi connectivity index (χ2v) is 4.95. The molecule has 0 atom stereocenters. The number of para-hydroxylation sites is 2. The summed E-state index contributed by atoms with van der Waals surface area (Å²) in [7, 11) is 1.47. The number of carbonyl (C=O) groups is 2. The molecule has 0 aromatic heterocycles. The maximum absolute atomic E-state index is 13.4. The summed E-state index contributed by atoms with van der Waals surface area (Å²) in [5, 5.41) is 2.62. The van der Waals surface area contributed by atoms with Crippen molar-refractivity contribution in [2.24, 2.45) is 0 Å². The van der Waals surface area contributed by atoms with Gasteiger partial charge in [-0.15, -0.1) is 0 Å². The molecule has 2 aromatic rings. The summed E-state index contributed by atoms with van der Waals surface area (Å²) < 4.78 is 31.5. The number of rotatable bonds is 5. The first kappa shape index (κ1) is 17.4. The highest BCUT2D eigenvalue weighted by molar-refractivity contribution is 6.02. The quantitative estimate of drug-likeness (QED) is 0.914. The Balaban J connectivity index is 2.17. The Hall–Kier alpha value is -2.96. The van der Waals surface area contributed by atoms with Gasteiger partial charge in [-0.1, -0.05) is 12.1 Å². The molecule has 2 aromatic carbocycles. The van der Waals surface area contributed by atoms with Crippen LogP contribution >= 0.6 is 0 Å². The number of amides is 2. The van der Waals surface area contributed by atoms with Crippen molar-refractivity contribution in [1.29, 1.82) is 0 Å². The predicted octanol–water partition coefficient (Wildman–Crippen LogP) is 2.97. The average Bonchev–Trinajstić information content (AvgIpc) is 2.55. The molecule has 0 unspecified atom stereocenters. The summed E-state index contributed by atoms with van der Waals surface area (Å²) in [5.74, 6) is -2.63. The zero-order valence-electron chi connectivity index (χ0n) is 13.2. The molecule has 7 heteroatoms. The van der Waals surface area contributed by atoms with E-state index in [0.717, 1.165) is 17.0 Å². The van der Waals surface area contributed by atoms with Gasteiger partial charge in [0.05, 0.1) is 12.8 Å². The van der Waals surface area contributed by atoms with Gasteiger partial charge in [-0.3, -0.25) is 9.59 Å². The Morgan fingerprint density at radius 1 is 1.12 bits per heavy atom. The van der Waals surface area contributed by atoms with E-state index in [-0.39, 0.29) is 12.2 Å². The van der Waals surface area contributed by atoms with Crippen molar-refractivity contribution in [3.05, 3.63) is 54.1 Å². The van der Waals surface area contributed by atoms with Crippen LogP contribution in [0.5, 0.6) is 5.75 Å². The zero-order valence-corrected chi connectivity index (χ0v) is 13.2. The van der Waals surface area contributed by atoms with Gasteiger partial charge in [0.1, 0.15) is 12.3 Å². The van der Waals surface area contributed by atoms with E-state index < -0.39 is 23.4 Å². The molecule has 0 fully saturated rings. The second kappa shape index (κ2) is 7.54. The summed E-state index contributed by atoms with van der Waals surface area (Å²) in [6.45, 7) is 0.885. The van der Waals surface area contributed by atoms with E-state index in [1.807, 2.05) is 0 Å². The summed E-state index contributed by atoms with van der Waals surface area (Å²) in [5.41, 5.74) is 0.537. The van der Waals surface area contributed by atoms with E-state index in [0.29, 0.717) is 11.4 Å². The molecule has 1 N–H and O–H groups in total. The van der Waals surface area contributed by atoms with Crippen molar-refractivity contribution in [2.75, 3.05) is 23.9 Å². The Bertz CT molecular complexity index is 765. The Morgan fingerprint density at radius 3 is 2.46 bits per heavy atom. The van der Waals surface area contributed by atoms with Gasteiger partial charge >= 0.3 is 0 Å². The van der Waals surface area contributed by atoms with E-state index in [1.165, 1.54) is 20.1 Å². The van der Waals surface area contributed by atoms with Gasteiger partial charge in [0, 0.05) is 18.7 Å². The zero-order chi connectivity index (χ0) is 17.7. The molecule has 0 radical (unpaired) electrons. The van der Waals surface area contributed by atoms with Gasteiger partial charge in [0.25, 0.3) is 0 Å². The van der Waals surface area contributed by atoms with E-state index in [2.05, 4.69) is 5.32 Å². The molecule has 0 aliphatic rings. The molecule has 2 amide bonds. The van der Waals surface area contributed by atoms with Crippen LogP contribution in [0, 0.1) is 11.6 Å². The monoisotopic (exact) mass is 334 g/mol. The lowest BCUT2D eigenvalue weighted by atomic mass is 10.2. The van der Waals surface area contributed by atoms with Gasteiger partial charge in [-0.05, 0) is 24.3 Å². The Kier molecular flexibility index (Phi) is 5.47. The van der Waals surface area contributed by atoms with E-state index in [9.17, 15) is 18.4 Å². The summed E-state index contributed by atoms with van der Waals surface area (Å²) in [4.78, 5) is 25.0. The number of carbonyl (C=O) groups excluding carboxylic acids is 2. The third kappa shape index (κ3) is 4.07. The van der Waals surface area contributed by atoms with Crippen molar-refractivity contribution in [1.82, 2.24) is 0 Å². The summed E-state index contributed by atoms with van der Waals surface area (Å²) in [6, 6.07) is 9.79. The topological polar surface area (TPSA) is 58.6 Å². The van der Waals surface area contributed by atoms with Crippen LogP contribution in [0.3, 0.4) is 0 Å². The van der Waals surface area contributed by atoms with Crippen LogP contribution in [-0.4, -0.2) is 25.5 Å². The molecular weight excluding hydrogens is 318 g/mol. The van der Waals surface area contributed by atoms with E-state index >= 15 is 0 Å². The molecule has 0 saturated heterocycles. The van der Waals surface area contributed by atoms with Crippen molar-refractivity contribution in [3.63, 3.8) is 0 Å². The number of benzene rings is 2. The molecule has 0 spiro atoms. The highest BCUT2D eigenvalue weighted by Gasteiger charge is 2.18. The van der Waals surface area contributed by atoms with Crippen molar-refractivity contribution in [3.8, 4) is 5.75 Å². The number of ether oxygens (including phenoxy) is 1. The normalized spacial score (nSPS) is 10.2. The summed E-state index contributed by atoms with van der Waals surface area (Å²) >= 11 is 0. The minimum atomic E-state index is -1.09. The average molecular weight is 334 g/mol. The van der Waals surface area contributed by atoms with Gasteiger partial charge in [0.15, 0.2) is 11.6 Å². The number of nitrogens with zero attached hydrogens (tertiary/aromatic N) is 1. The molecule has 2 rings (SSSR count).